The number of hydrogen-bond acceptors (Lipinski definition) is 4. The average molecular weight is 383 g/mol. The molecule has 0 saturated carbocycles. The number of fused-ring (bicyclic) bond motifs is 1. The molecule has 0 aromatic heterocycles. The summed E-state index contributed by atoms with van der Waals surface area (Å²) >= 11 is 0. The highest BCUT2D eigenvalue weighted by molar-refractivity contribution is 5.97. The molecule has 7 heteroatoms. The van der Waals surface area contributed by atoms with Gasteiger partial charge in [0.15, 0.2) is 11.5 Å². The van der Waals surface area contributed by atoms with E-state index in [-0.39, 0.29) is 18.5 Å². The highest BCUT2D eigenvalue weighted by Gasteiger charge is 2.17. The van der Waals surface area contributed by atoms with Crippen molar-refractivity contribution in [3.63, 3.8) is 0 Å². The minimum Gasteiger partial charge on any atom is -0.486 e. The Bertz CT molecular complexity index is 888. The monoisotopic (exact) mass is 383 g/mol. The summed E-state index contributed by atoms with van der Waals surface area (Å²) in [5.41, 5.74) is 4.50. The van der Waals surface area contributed by atoms with Gasteiger partial charge in [-0.15, -0.1) is 0 Å². The van der Waals surface area contributed by atoms with Crippen molar-refractivity contribution in [1.29, 1.82) is 0 Å². The van der Waals surface area contributed by atoms with E-state index < -0.39 is 0 Å². The van der Waals surface area contributed by atoms with Gasteiger partial charge in [0.25, 0.3) is 0 Å². The zero-order chi connectivity index (χ0) is 20.3. The number of aryl methyl sites for hydroxylation is 3. The van der Waals surface area contributed by atoms with E-state index >= 15 is 0 Å². The molecule has 0 radical (unpaired) electrons. The Morgan fingerprint density at radius 1 is 0.964 bits per heavy atom. The third kappa shape index (κ3) is 4.54. The number of urea groups is 1. The van der Waals surface area contributed by atoms with Gasteiger partial charge >= 0.3 is 6.03 Å². The minimum absolute atomic E-state index is 0.0663. The summed E-state index contributed by atoms with van der Waals surface area (Å²) in [4.78, 5) is 26.1. The standard InChI is InChI=1S/C21H25N3O4/c1-13-9-14(2)20(15(3)10-13)23-19(25)12-24(4)21(26)22-16-5-6-17-18(11-16)28-8-7-27-17/h5-6,9-11H,7-8,12H2,1-4H3,(H,22,26)(H,23,25). The fourth-order valence-corrected chi connectivity index (χ4v) is 3.18. The van der Waals surface area contributed by atoms with Gasteiger partial charge in [0.1, 0.15) is 19.8 Å². The Morgan fingerprint density at radius 2 is 1.61 bits per heavy atom. The topological polar surface area (TPSA) is 79.9 Å². The lowest BCUT2D eigenvalue weighted by Crippen LogP contribution is -2.37. The van der Waals surface area contributed by atoms with Gasteiger partial charge in [-0.05, 0) is 44.0 Å². The van der Waals surface area contributed by atoms with E-state index in [0.29, 0.717) is 30.4 Å². The Morgan fingerprint density at radius 3 is 2.29 bits per heavy atom. The first-order valence-electron chi connectivity index (χ1n) is 9.13. The molecule has 3 rings (SSSR count). The van der Waals surface area contributed by atoms with Crippen LogP contribution in [0.1, 0.15) is 16.7 Å². The first-order chi connectivity index (χ1) is 13.3. The Kier molecular flexibility index (Phi) is 5.73. The van der Waals surface area contributed by atoms with Crippen LogP contribution in [0, 0.1) is 20.8 Å². The number of benzene rings is 2. The Labute approximate surface area is 164 Å². The number of nitrogens with zero attached hydrogens (tertiary/aromatic N) is 1. The van der Waals surface area contributed by atoms with Gasteiger partial charge in [-0.1, -0.05) is 17.7 Å². The van der Waals surface area contributed by atoms with Crippen molar-refractivity contribution in [1.82, 2.24) is 4.90 Å². The van der Waals surface area contributed by atoms with E-state index in [0.717, 1.165) is 22.4 Å². The van der Waals surface area contributed by atoms with Gasteiger partial charge in [-0.25, -0.2) is 4.79 Å². The molecule has 0 atom stereocenters. The molecule has 7 nitrogen and oxygen atoms in total. The zero-order valence-electron chi connectivity index (χ0n) is 16.6. The maximum Gasteiger partial charge on any atom is 0.322 e. The normalized spacial score (nSPS) is 12.3. The highest BCUT2D eigenvalue weighted by Crippen LogP contribution is 2.32. The van der Waals surface area contributed by atoms with Crippen molar-refractivity contribution in [2.75, 3.05) is 37.4 Å². The highest BCUT2D eigenvalue weighted by atomic mass is 16.6. The molecule has 1 aliphatic rings. The maximum absolute atomic E-state index is 12.4. The van der Waals surface area contributed by atoms with E-state index in [2.05, 4.69) is 10.6 Å². The molecular formula is C21H25N3O4. The molecule has 2 aromatic carbocycles. The van der Waals surface area contributed by atoms with Crippen molar-refractivity contribution in [3.8, 4) is 11.5 Å². The number of amides is 3. The fourth-order valence-electron chi connectivity index (χ4n) is 3.18. The zero-order valence-corrected chi connectivity index (χ0v) is 16.6. The molecular weight excluding hydrogens is 358 g/mol. The summed E-state index contributed by atoms with van der Waals surface area (Å²) in [5.74, 6) is 0.991. The number of hydrogen-bond donors (Lipinski definition) is 2. The molecule has 1 heterocycles. The lowest BCUT2D eigenvalue weighted by molar-refractivity contribution is -0.116. The van der Waals surface area contributed by atoms with Crippen LogP contribution in [0.2, 0.25) is 0 Å². The van der Waals surface area contributed by atoms with Crippen molar-refractivity contribution < 1.29 is 19.1 Å². The number of anilines is 2. The molecule has 2 aromatic rings. The van der Waals surface area contributed by atoms with Gasteiger partial charge in [-0.2, -0.15) is 0 Å². The van der Waals surface area contributed by atoms with Gasteiger partial charge in [0, 0.05) is 24.5 Å². The minimum atomic E-state index is -0.385. The van der Waals surface area contributed by atoms with E-state index in [1.807, 2.05) is 32.9 Å². The van der Waals surface area contributed by atoms with Crippen LogP contribution in [0.15, 0.2) is 30.3 Å². The molecule has 0 unspecified atom stereocenters. The first-order valence-corrected chi connectivity index (χ1v) is 9.13. The Hall–Kier alpha value is -3.22. The van der Waals surface area contributed by atoms with Crippen molar-refractivity contribution in [2.24, 2.45) is 0 Å². The molecule has 2 N–H and O–H groups in total. The maximum atomic E-state index is 12.4. The lowest BCUT2D eigenvalue weighted by Gasteiger charge is -2.21. The summed E-state index contributed by atoms with van der Waals surface area (Å²) < 4.78 is 11.0. The fraction of sp³-hybridized carbons (Fsp3) is 0.333. The van der Waals surface area contributed by atoms with E-state index in [1.54, 1.807) is 25.2 Å². The number of ether oxygens (including phenoxy) is 2. The van der Waals surface area contributed by atoms with Gasteiger partial charge in [0.2, 0.25) is 5.91 Å². The van der Waals surface area contributed by atoms with Crippen LogP contribution < -0.4 is 20.1 Å². The number of rotatable bonds is 4. The second-order valence-corrected chi connectivity index (χ2v) is 6.97. The predicted molar refractivity (Wildman–Crippen MR) is 108 cm³/mol. The molecule has 0 spiro atoms. The second-order valence-electron chi connectivity index (χ2n) is 6.97. The van der Waals surface area contributed by atoms with Crippen LogP contribution in [-0.4, -0.2) is 43.6 Å². The largest absolute Gasteiger partial charge is 0.486 e. The third-order valence-corrected chi connectivity index (χ3v) is 4.46. The number of likely N-dealkylation sites (N-methyl/N-ethyl adjacent to an activating group) is 1. The summed E-state index contributed by atoms with van der Waals surface area (Å²) in [5, 5.41) is 5.66. The van der Waals surface area contributed by atoms with Crippen LogP contribution >= 0.6 is 0 Å². The molecule has 1 aliphatic heterocycles. The molecule has 0 fully saturated rings. The van der Waals surface area contributed by atoms with E-state index in [9.17, 15) is 9.59 Å². The lowest BCUT2D eigenvalue weighted by atomic mass is 10.1. The van der Waals surface area contributed by atoms with Crippen molar-refractivity contribution in [3.05, 3.63) is 47.0 Å². The van der Waals surface area contributed by atoms with Gasteiger partial charge < -0.3 is 25.0 Å². The second kappa shape index (κ2) is 8.21. The van der Waals surface area contributed by atoms with Crippen molar-refractivity contribution >= 4 is 23.3 Å². The molecule has 0 saturated heterocycles. The summed E-state index contributed by atoms with van der Waals surface area (Å²) in [7, 11) is 1.57. The number of nitrogens with one attached hydrogen (secondary N) is 2. The average Bonchev–Trinajstić information content (AvgIpc) is 2.64. The van der Waals surface area contributed by atoms with Gasteiger partial charge in [0.05, 0.1) is 0 Å². The summed E-state index contributed by atoms with van der Waals surface area (Å²) in [6.07, 6.45) is 0. The SMILES string of the molecule is Cc1cc(C)c(NC(=O)CN(C)C(=O)Nc2ccc3c(c2)OCCO3)c(C)c1. The molecule has 28 heavy (non-hydrogen) atoms. The van der Waals surface area contributed by atoms with Crippen molar-refractivity contribution in [2.45, 2.75) is 20.8 Å². The molecule has 0 aliphatic carbocycles. The molecule has 3 amide bonds. The number of carbonyl (C=O) groups is 2. The van der Waals surface area contributed by atoms with Crippen LogP contribution in [0.3, 0.4) is 0 Å². The van der Waals surface area contributed by atoms with Crippen LogP contribution in [0.25, 0.3) is 0 Å². The van der Waals surface area contributed by atoms with E-state index in [1.165, 1.54) is 4.90 Å². The smallest absolute Gasteiger partial charge is 0.322 e. The first kappa shape index (κ1) is 19.5. The third-order valence-electron chi connectivity index (χ3n) is 4.46. The van der Waals surface area contributed by atoms with E-state index in [4.69, 9.17) is 9.47 Å². The predicted octanol–water partition coefficient (Wildman–Crippen LogP) is 3.49. The quantitative estimate of drug-likeness (QED) is 0.847. The Balaban J connectivity index is 1.59. The summed E-state index contributed by atoms with van der Waals surface area (Å²) in [6.45, 7) is 6.84. The van der Waals surface area contributed by atoms with Crippen LogP contribution in [0.4, 0.5) is 16.2 Å². The van der Waals surface area contributed by atoms with Crippen LogP contribution in [0.5, 0.6) is 11.5 Å². The summed E-state index contributed by atoms with van der Waals surface area (Å²) in [6, 6.07) is 8.84. The number of carbonyl (C=O) groups excluding carboxylic acids is 2. The molecule has 0 bridgehead atoms. The molecule has 148 valence electrons. The van der Waals surface area contributed by atoms with Crippen LogP contribution in [-0.2, 0) is 4.79 Å². The van der Waals surface area contributed by atoms with Gasteiger partial charge in [-0.3, -0.25) is 4.79 Å².